The van der Waals surface area contributed by atoms with Gasteiger partial charge in [0.15, 0.2) is 15.0 Å². The van der Waals surface area contributed by atoms with E-state index in [1.54, 1.807) is 20.8 Å². The van der Waals surface area contributed by atoms with Gasteiger partial charge in [0.1, 0.15) is 12.1 Å². The number of sulfone groups is 1. The number of amides is 2. The first-order valence-corrected chi connectivity index (χ1v) is 12.7. The second-order valence-electron chi connectivity index (χ2n) is 8.48. The summed E-state index contributed by atoms with van der Waals surface area (Å²) in [6, 6.07) is 1.93. The number of hydrogen-bond acceptors (Lipinski definition) is 6. The third-order valence-electron chi connectivity index (χ3n) is 4.60. The molecule has 0 aromatic heterocycles. The molecule has 0 radical (unpaired) electrons. The Morgan fingerprint density at radius 3 is 2.55 bits per heavy atom. The molecule has 2 saturated heterocycles. The van der Waals surface area contributed by atoms with Crippen LogP contribution in [-0.4, -0.2) is 60.5 Å². The number of halogens is 4. The van der Waals surface area contributed by atoms with Crippen LogP contribution in [-0.2, 0) is 25.5 Å². The summed E-state index contributed by atoms with van der Waals surface area (Å²) in [6.45, 7) is 4.42. The van der Waals surface area contributed by atoms with E-state index in [0.29, 0.717) is 0 Å². The van der Waals surface area contributed by atoms with E-state index >= 15 is 0 Å². The van der Waals surface area contributed by atoms with Gasteiger partial charge < -0.3 is 15.0 Å². The molecule has 2 amide bonds. The smallest absolute Gasteiger partial charge is 0.416 e. The molecule has 0 unspecified atom stereocenters. The maximum atomic E-state index is 13.3. The lowest BCUT2D eigenvalue weighted by molar-refractivity contribution is -0.137. The standard InChI is InChI=1S/C19H21ClF3N3O5S2/c1-18(2,3)31-17(28)24-7-15(27)25-16-26(13-8-33(29,30)9-14(13)32-16)12-6-10(19(21,22)23)4-5-11(12)20/h4-6,13-14H,7-9H2,1-3H3,(H,24,28)/t13-,14+/m1/s1. The van der Waals surface area contributed by atoms with Gasteiger partial charge >= 0.3 is 12.3 Å². The SMILES string of the molecule is CC(C)(C)OC(=O)NCC(=O)N=C1S[C@H]2CS(=O)(=O)C[C@H]2N1c1cc(C(F)(F)F)ccc1Cl. The molecule has 182 valence electrons. The van der Waals surface area contributed by atoms with E-state index in [1.165, 1.54) is 4.90 Å². The lowest BCUT2D eigenvalue weighted by Crippen LogP contribution is -2.39. The molecule has 1 aromatic rings. The van der Waals surface area contributed by atoms with Gasteiger partial charge in [0.05, 0.1) is 33.8 Å². The number of carbonyl (C=O) groups is 2. The first-order valence-electron chi connectivity index (χ1n) is 9.67. The molecule has 0 aliphatic carbocycles. The highest BCUT2D eigenvalue weighted by molar-refractivity contribution is 8.16. The Balaban J connectivity index is 1.90. The lowest BCUT2D eigenvalue weighted by atomic mass is 10.1. The van der Waals surface area contributed by atoms with Gasteiger partial charge in [0.25, 0.3) is 5.91 Å². The molecule has 33 heavy (non-hydrogen) atoms. The Bertz CT molecular complexity index is 1100. The minimum Gasteiger partial charge on any atom is -0.444 e. The molecule has 0 bridgehead atoms. The minimum atomic E-state index is -4.65. The molecule has 2 heterocycles. The van der Waals surface area contributed by atoms with Crippen molar-refractivity contribution in [3.05, 3.63) is 28.8 Å². The number of carbonyl (C=O) groups excluding carboxylic acids is 2. The van der Waals surface area contributed by atoms with Gasteiger partial charge in [0, 0.05) is 5.25 Å². The van der Waals surface area contributed by atoms with E-state index < -0.39 is 57.0 Å². The number of nitrogens with zero attached hydrogens (tertiary/aromatic N) is 2. The van der Waals surface area contributed by atoms with E-state index in [-0.39, 0.29) is 27.4 Å². The van der Waals surface area contributed by atoms with Gasteiger partial charge in [0.2, 0.25) is 0 Å². The van der Waals surface area contributed by atoms with Crippen LogP contribution >= 0.6 is 23.4 Å². The molecule has 2 aliphatic heterocycles. The van der Waals surface area contributed by atoms with Crippen LogP contribution in [0.2, 0.25) is 5.02 Å². The van der Waals surface area contributed by atoms with Gasteiger partial charge in [-0.05, 0) is 39.0 Å². The molecular formula is C19H21ClF3N3O5S2. The fourth-order valence-corrected chi connectivity index (χ4v) is 7.46. The van der Waals surface area contributed by atoms with Crippen LogP contribution in [0.15, 0.2) is 23.2 Å². The second kappa shape index (κ2) is 8.99. The average molecular weight is 528 g/mol. The van der Waals surface area contributed by atoms with Crippen LogP contribution < -0.4 is 10.2 Å². The first-order chi connectivity index (χ1) is 15.1. The van der Waals surface area contributed by atoms with E-state index in [1.807, 2.05) is 0 Å². The topological polar surface area (TPSA) is 105 Å². The Labute approximate surface area is 197 Å². The van der Waals surface area contributed by atoms with Crippen molar-refractivity contribution in [3.8, 4) is 0 Å². The van der Waals surface area contributed by atoms with Gasteiger partial charge in [-0.1, -0.05) is 23.4 Å². The molecule has 0 saturated carbocycles. The summed E-state index contributed by atoms with van der Waals surface area (Å²) in [7, 11) is -3.43. The molecule has 1 aromatic carbocycles. The largest absolute Gasteiger partial charge is 0.444 e. The quantitative estimate of drug-likeness (QED) is 0.641. The van der Waals surface area contributed by atoms with E-state index in [4.69, 9.17) is 16.3 Å². The predicted octanol–water partition coefficient (Wildman–Crippen LogP) is 3.48. The Kier molecular flexibility index (Phi) is 6.98. The van der Waals surface area contributed by atoms with E-state index in [2.05, 4.69) is 10.3 Å². The average Bonchev–Trinajstić information content (AvgIpc) is 3.09. The molecular weight excluding hydrogens is 507 g/mol. The van der Waals surface area contributed by atoms with Crippen LogP contribution in [0.3, 0.4) is 0 Å². The molecule has 14 heteroatoms. The summed E-state index contributed by atoms with van der Waals surface area (Å²) >= 11 is 7.15. The van der Waals surface area contributed by atoms with Crippen molar-refractivity contribution in [2.24, 2.45) is 4.99 Å². The normalized spacial score (nSPS) is 23.5. The predicted molar refractivity (Wildman–Crippen MR) is 119 cm³/mol. The minimum absolute atomic E-state index is 0.0112. The van der Waals surface area contributed by atoms with Crippen molar-refractivity contribution < 1.29 is 35.9 Å². The number of hydrogen-bond donors (Lipinski definition) is 1. The zero-order chi connectivity index (χ0) is 24.8. The van der Waals surface area contributed by atoms with Crippen molar-refractivity contribution in [1.29, 1.82) is 0 Å². The molecule has 8 nitrogen and oxygen atoms in total. The van der Waals surface area contributed by atoms with Crippen molar-refractivity contribution in [2.45, 2.75) is 43.8 Å². The zero-order valence-corrected chi connectivity index (χ0v) is 20.2. The Morgan fingerprint density at radius 1 is 1.27 bits per heavy atom. The van der Waals surface area contributed by atoms with Crippen molar-refractivity contribution >= 4 is 56.1 Å². The summed E-state index contributed by atoms with van der Waals surface area (Å²) in [5.41, 5.74) is -1.86. The monoisotopic (exact) mass is 527 g/mol. The number of fused-ring (bicyclic) bond motifs is 1. The maximum Gasteiger partial charge on any atom is 0.416 e. The Morgan fingerprint density at radius 2 is 1.94 bits per heavy atom. The molecule has 2 aliphatic rings. The maximum absolute atomic E-state index is 13.3. The van der Waals surface area contributed by atoms with Crippen molar-refractivity contribution in [2.75, 3.05) is 23.0 Å². The van der Waals surface area contributed by atoms with Gasteiger partial charge in [-0.3, -0.25) is 4.79 Å². The number of rotatable bonds is 3. The molecule has 3 rings (SSSR count). The fourth-order valence-electron chi connectivity index (χ4n) is 3.33. The number of amidine groups is 1. The van der Waals surface area contributed by atoms with Gasteiger partial charge in [-0.2, -0.15) is 18.2 Å². The van der Waals surface area contributed by atoms with Gasteiger partial charge in [-0.25, -0.2) is 13.2 Å². The highest BCUT2D eigenvalue weighted by Crippen LogP contribution is 2.44. The molecule has 2 fully saturated rings. The summed E-state index contributed by atoms with van der Waals surface area (Å²) in [4.78, 5) is 29.3. The first kappa shape index (κ1) is 25.6. The number of anilines is 1. The van der Waals surface area contributed by atoms with E-state index in [0.717, 1.165) is 30.0 Å². The molecule has 2 atom stereocenters. The summed E-state index contributed by atoms with van der Waals surface area (Å²) in [5, 5.41) is 1.68. The summed E-state index contributed by atoms with van der Waals surface area (Å²) in [5.74, 6) is -1.32. The van der Waals surface area contributed by atoms with Crippen LogP contribution in [0.25, 0.3) is 0 Å². The number of aliphatic imine (C=N–C) groups is 1. The lowest BCUT2D eigenvalue weighted by Gasteiger charge is -2.26. The summed E-state index contributed by atoms with van der Waals surface area (Å²) < 4.78 is 69.1. The second-order valence-corrected chi connectivity index (χ2v) is 12.2. The number of alkyl halides is 3. The zero-order valence-electron chi connectivity index (χ0n) is 17.8. The molecule has 0 spiro atoms. The van der Waals surface area contributed by atoms with Crippen LogP contribution in [0.5, 0.6) is 0 Å². The third-order valence-corrected chi connectivity index (χ3v) is 8.13. The third kappa shape index (κ3) is 6.33. The number of alkyl carbamates (subject to hydrolysis) is 1. The number of ether oxygens (including phenoxy) is 1. The van der Waals surface area contributed by atoms with Crippen LogP contribution in [0, 0.1) is 0 Å². The van der Waals surface area contributed by atoms with Crippen molar-refractivity contribution in [1.82, 2.24) is 5.32 Å². The number of nitrogens with one attached hydrogen (secondary N) is 1. The van der Waals surface area contributed by atoms with Crippen molar-refractivity contribution in [3.63, 3.8) is 0 Å². The number of benzene rings is 1. The highest BCUT2D eigenvalue weighted by Gasteiger charge is 2.50. The van der Waals surface area contributed by atoms with E-state index in [9.17, 15) is 31.2 Å². The number of thioether (sulfide) groups is 1. The fraction of sp³-hybridized carbons (Fsp3) is 0.526. The van der Waals surface area contributed by atoms with Crippen LogP contribution in [0.4, 0.5) is 23.7 Å². The summed E-state index contributed by atoms with van der Waals surface area (Å²) in [6.07, 6.45) is -5.49. The van der Waals surface area contributed by atoms with Gasteiger partial charge in [-0.15, -0.1) is 0 Å². The van der Waals surface area contributed by atoms with Crippen LogP contribution in [0.1, 0.15) is 26.3 Å². The Hall–Kier alpha value is -1.99. The molecule has 1 N–H and O–H groups in total. The highest BCUT2D eigenvalue weighted by atomic mass is 35.5.